The van der Waals surface area contributed by atoms with E-state index in [1.807, 2.05) is 12.1 Å². The van der Waals surface area contributed by atoms with Crippen molar-refractivity contribution in [3.8, 4) is 12.1 Å². The molecular weight excluding hydrogens is 368 g/mol. The summed E-state index contributed by atoms with van der Waals surface area (Å²) in [5, 5.41) is 26.7. The second-order valence-corrected chi connectivity index (χ2v) is 6.40. The van der Waals surface area contributed by atoms with E-state index < -0.39 is 23.0 Å². The molecule has 0 spiro atoms. The second kappa shape index (κ2) is 13.6. The van der Waals surface area contributed by atoms with Crippen LogP contribution in [0.1, 0.15) is 39.5 Å². The second-order valence-electron chi connectivity index (χ2n) is 6.40. The number of methoxy groups -OCH3 is 2. The number of rotatable bonds is 14. The molecule has 0 aromatic heterocycles. The first-order valence-electron chi connectivity index (χ1n) is 8.80. The third-order valence-corrected chi connectivity index (χ3v) is 3.71. The van der Waals surface area contributed by atoms with E-state index in [2.05, 4.69) is 10.2 Å². The van der Waals surface area contributed by atoms with Gasteiger partial charge in [0, 0.05) is 27.1 Å². The molecule has 0 radical (unpaired) electrons. The van der Waals surface area contributed by atoms with E-state index in [1.165, 1.54) is 28.1 Å². The molecule has 0 aliphatic heterocycles. The predicted molar refractivity (Wildman–Crippen MR) is 97.0 cm³/mol. The van der Waals surface area contributed by atoms with Crippen molar-refractivity contribution in [2.75, 3.05) is 40.6 Å². The van der Waals surface area contributed by atoms with Crippen molar-refractivity contribution in [1.29, 1.82) is 10.5 Å². The van der Waals surface area contributed by atoms with E-state index in [-0.39, 0.29) is 52.1 Å². The summed E-state index contributed by atoms with van der Waals surface area (Å²) < 4.78 is 19.4. The standard InChI is InChI=1S/C18H28N4O6/c1-17(13-19,7-5-15(23)27-11-9-25-3)21-22-18(2,14-20)8-6-16(24)28-12-10-26-4/h5-12H2,1-4H3. The Kier molecular flexibility index (Phi) is 12.3. The number of ether oxygens (including phenoxy) is 4. The van der Waals surface area contributed by atoms with Crippen molar-refractivity contribution in [3.05, 3.63) is 0 Å². The molecule has 0 aliphatic carbocycles. The van der Waals surface area contributed by atoms with Crippen LogP contribution in [0.15, 0.2) is 10.2 Å². The van der Waals surface area contributed by atoms with E-state index in [0.29, 0.717) is 0 Å². The molecule has 0 fully saturated rings. The lowest BCUT2D eigenvalue weighted by Gasteiger charge is -2.19. The topological polar surface area (TPSA) is 143 Å². The third-order valence-electron chi connectivity index (χ3n) is 3.71. The largest absolute Gasteiger partial charge is 0.463 e. The highest BCUT2D eigenvalue weighted by Crippen LogP contribution is 2.23. The molecule has 0 N–H and O–H groups in total. The molecule has 2 atom stereocenters. The number of nitriles is 2. The van der Waals surface area contributed by atoms with Crippen LogP contribution in [0.2, 0.25) is 0 Å². The lowest BCUT2D eigenvalue weighted by Crippen LogP contribution is -2.26. The molecule has 28 heavy (non-hydrogen) atoms. The van der Waals surface area contributed by atoms with Crippen LogP contribution in [0, 0.1) is 22.7 Å². The zero-order chi connectivity index (χ0) is 21.5. The summed E-state index contributed by atoms with van der Waals surface area (Å²) in [6.45, 7) is 3.86. The summed E-state index contributed by atoms with van der Waals surface area (Å²) in [5.74, 6) is -0.953. The first-order chi connectivity index (χ1) is 13.2. The monoisotopic (exact) mass is 396 g/mol. The van der Waals surface area contributed by atoms with Gasteiger partial charge in [0.15, 0.2) is 11.1 Å². The van der Waals surface area contributed by atoms with Crippen LogP contribution in [-0.4, -0.2) is 63.7 Å². The Labute approximate surface area is 165 Å². The van der Waals surface area contributed by atoms with Crippen LogP contribution in [-0.2, 0) is 28.5 Å². The highest BCUT2D eigenvalue weighted by molar-refractivity contribution is 5.69. The van der Waals surface area contributed by atoms with Crippen LogP contribution in [0.5, 0.6) is 0 Å². The highest BCUT2D eigenvalue weighted by atomic mass is 16.6. The molecule has 0 amide bonds. The maximum atomic E-state index is 11.7. The van der Waals surface area contributed by atoms with Gasteiger partial charge in [-0.1, -0.05) is 0 Å². The number of carbonyl (C=O) groups is 2. The molecule has 156 valence electrons. The molecule has 0 aromatic rings. The molecule has 0 saturated heterocycles. The minimum absolute atomic E-state index is 0.0259. The van der Waals surface area contributed by atoms with Crippen LogP contribution in [0.25, 0.3) is 0 Å². The Hall–Kier alpha value is -2.56. The van der Waals surface area contributed by atoms with Gasteiger partial charge in [-0.05, 0) is 26.7 Å². The SMILES string of the molecule is COCCOC(=O)CCC(C)(C#N)N=NC(C)(C#N)CCC(=O)OCCOC. The molecule has 0 bridgehead atoms. The number of hydrogen-bond acceptors (Lipinski definition) is 10. The average molecular weight is 396 g/mol. The Morgan fingerprint density at radius 2 is 1.14 bits per heavy atom. The summed E-state index contributed by atoms with van der Waals surface area (Å²) in [5.41, 5.74) is -2.59. The van der Waals surface area contributed by atoms with Crippen molar-refractivity contribution in [2.45, 2.75) is 50.6 Å². The van der Waals surface area contributed by atoms with Crippen molar-refractivity contribution in [2.24, 2.45) is 10.2 Å². The summed E-state index contributed by atoms with van der Waals surface area (Å²) >= 11 is 0. The Morgan fingerprint density at radius 3 is 1.43 bits per heavy atom. The Bertz CT molecular complexity index is 560. The number of esters is 2. The minimum Gasteiger partial charge on any atom is -0.463 e. The summed E-state index contributed by atoms with van der Waals surface area (Å²) in [4.78, 5) is 23.3. The smallest absolute Gasteiger partial charge is 0.305 e. The summed E-state index contributed by atoms with van der Waals surface area (Å²) in [7, 11) is 2.99. The fourth-order valence-electron chi connectivity index (χ4n) is 1.79. The van der Waals surface area contributed by atoms with E-state index in [9.17, 15) is 20.1 Å². The van der Waals surface area contributed by atoms with Gasteiger partial charge in [0.25, 0.3) is 0 Å². The quantitative estimate of drug-likeness (QED) is 0.246. The van der Waals surface area contributed by atoms with Gasteiger partial charge in [-0.2, -0.15) is 20.8 Å². The van der Waals surface area contributed by atoms with Crippen molar-refractivity contribution >= 4 is 11.9 Å². The first kappa shape index (κ1) is 25.4. The van der Waals surface area contributed by atoms with Crippen LogP contribution < -0.4 is 0 Å². The lowest BCUT2D eigenvalue weighted by molar-refractivity contribution is -0.146. The third kappa shape index (κ3) is 11.2. The fourth-order valence-corrected chi connectivity index (χ4v) is 1.79. The van der Waals surface area contributed by atoms with Crippen molar-refractivity contribution in [1.82, 2.24) is 0 Å². The van der Waals surface area contributed by atoms with Gasteiger partial charge in [-0.25, -0.2) is 0 Å². The van der Waals surface area contributed by atoms with Gasteiger partial charge >= 0.3 is 11.9 Å². The summed E-state index contributed by atoms with van der Waals surface area (Å²) in [6.07, 6.45) is 0.114. The Morgan fingerprint density at radius 1 is 0.786 bits per heavy atom. The zero-order valence-electron chi connectivity index (χ0n) is 16.9. The lowest BCUT2D eigenvalue weighted by atomic mass is 9.97. The molecule has 0 aromatic carbocycles. The zero-order valence-corrected chi connectivity index (χ0v) is 16.9. The summed E-state index contributed by atoms with van der Waals surface area (Å²) in [6, 6.07) is 3.98. The maximum Gasteiger partial charge on any atom is 0.305 e. The minimum atomic E-state index is -1.29. The fraction of sp³-hybridized carbons (Fsp3) is 0.778. The number of hydrogen-bond donors (Lipinski definition) is 0. The predicted octanol–water partition coefficient (Wildman–Crippen LogP) is 1.94. The van der Waals surface area contributed by atoms with Gasteiger partial charge in [0.2, 0.25) is 0 Å². The van der Waals surface area contributed by atoms with Crippen LogP contribution >= 0.6 is 0 Å². The van der Waals surface area contributed by atoms with Gasteiger partial charge in [0.05, 0.1) is 25.4 Å². The number of carbonyl (C=O) groups excluding carboxylic acids is 2. The molecule has 0 rings (SSSR count). The maximum absolute atomic E-state index is 11.7. The highest BCUT2D eigenvalue weighted by Gasteiger charge is 2.29. The molecule has 0 heterocycles. The first-order valence-corrected chi connectivity index (χ1v) is 8.80. The number of nitrogens with zero attached hydrogens (tertiary/aromatic N) is 4. The molecule has 0 saturated carbocycles. The Balaban J connectivity index is 4.71. The number of azo groups is 1. The molecule has 2 unspecified atom stereocenters. The van der Waals surface area contributed by atoms with Gasteiger partial charge in [-0.15, -0.1) is 0 Å². The van der Waals surface area contributed by atoms with Crippen molar-refractivity contribution < 1.29 is 28.5 Å². The molecule has 10 nitrogen and oxygen atoms in total. The average Bonchev–Trinajstić information content (AvgIpc) is 2.69. The van der Waals surface area contributed by atoms with Crippen LogP contribution in [0.4, 0.5) is 0 Å². The molecule has 10 heteroatoms. The van der Waals surface area contributed by atoms with Gasteiger partial charge in [0.1, 0.15) is 13.2 Å². The van der Waals surface area contributed by atoms with Gasteiger partial charge < -0.3 is 18.9 Å². The van der Waals surface area contributed by atoms with Gasteiger partial charge in [-0.3, -0.25) is 9.59 Å². The van der Waals surface area contributed by atoms with E-state index in [0.717, 1.165) is 0 Å². The van der Waals surface area contributed by atoms with E-state index in [1.54, 1.807) is 0 Å². The van der Waals surface area contributed by atoms with E-state index in [4.69, 9.17) is 18.9 Å². The van der Waals surface area contributed by atoms with Crippen molar-refractivity contribution in [3.63, 3.8) is 0 Å². The molecule has 0 aliphatic rings. The molecular formula is C18H28N4O6. The van der Waals surface area contributed by atoms with Crippen LogP contribution in [0.3, 0.4) is 0 Å². The van der Waals surface area contributed by atoms with E-state index >= 15 is 0 Å². The normalized spacial score (nSPS) is 15.1.